The standard InChI is InChI=1S/C13H15F4N3O/c1-2-20(6-10-7-21-12(18)19-10)11-4-8(13(15,16)17)3-9(14)5-11/h3-5,10H,2,6-7H2,1H3,(H2,18,19)/t10-/m0/s1. The lowest BCUT2D eigenvalue weighted by Gasteiger charge is -2.25. The van der Waals surface area contributed by atoms with E-state index in [4.69, 9.17) is 10.5 Å². The maximum Gasteiger partial charge on any atom is 0.416 e. The highest BCUT2D eigenvalue weighted by atomic mass is 19.4. The Bertz CT molecular complexity index is 545. The van der Waals surface area contributed by atoms with E-state index in [1.165, 1.54) is 0 Å². The summed E-state index contributed by atoms with van der Waals surface area (Å²) in [5.74, 6) is -0.927. The first kappa shape index (κ1) is 15.4. The first-order valence-corrected chi connectivity index (χ1v) is 6.38. The van der Waals surface area contributed by atoms with Gasteiger partial charge in [-0.1, -0.05) is 0 Å². The number of anilines is 1. The van der Waals surface area contributed by atoms with E-state index >= 15 is 0 Å². The lowest BCUT2D eigenvalue weighted by Crippen LogP contribution is -2.32. The molecule has 0 saturated carbocycles. The largest absolute Gasteiger partial charge is 0.463 e. The summed E-state index contributed by atoms with van der Waals surface area (Å²) >= 11 is 0. The van der Waals surface area contributed by atoms with Gasteiger partial charge in [0.2, 0.25) is 0 Å². The molecule has 1 heterocycles. The number of halogens is 4. The topological polar surface area (TPSA) is 50.9 Å². The highest BCUT2D eigenvalue weighted by Crippen LogP contribution is 2.32. The minimum Gasteiger partial charge on any atom is -0.463 e. The molecule has 2 rings (SSSR count). The minimum atomic E-state index is -4.59. The molecule has 0 aliphatic carbocycles. The summed E-state index contributed by atoms with van der Waals surface area (Å²) in [6.45, 7) is 2.75. The van der Waals surface area contributed by atoms with Gasteiger partial charge in [-0.3, -0.25) is 0 Å². The van der Waals surface area contributed by atoms with Gasteiger partial charge in [-0.25, -0.2) is 9.38 Å². The lowest BCUT2D eigenvalue weighted by atomic mass is 10.1. The SMILES string of the molecule is CCN(C[C@H]1COC(N)=N1)c1cc(F)cc(C(F)(F)F)c1. The Balaban J connectivity index is 2.23. The Morgan fingerprint density at radius 3 is 2.62 bits per heavy atom. The molecule has 0 amide bonds. The van der Waals surface area contributed by atoms with Gasteiger partial charge < -0.3 is 15.4 Å². The molecule has 0 spiro atoms. The van der Waals surface area contributed by atoms with Crippen LogP contribution in [0.15, 0.2) is 23.2 Å². The molecule has 116 valence electrons. The Hall–Kier alpha value is -1.99. The average molecular weight is 305 g/mol. The van der Waals surface area contributed by atoms with Crippen LogP contribution in [0.1, 0.15) is 12.5 Å². The van der Waals surface area contributed by atoms with Crippen LogP contribution in [0.3, 0.4) is 0 Å². The van der Waals surface area contributed by atoms with Gasteiger partial charge in [-0.05, 0) is 25.1 Å². The van der Waals surface area contributed by atoms with Crippen molar-refractivity contribution in [3.63, 3.8) is 0 Å². The van der Waals surface area contributed by atoms with E-state index in [9.17, 15) is 17.6 Å². The van der Waals surface area contributed by atoms with E-state index in [1.54, 1.807) is 11.8 Å². The predicted molar refractivity (Wildman–Crippen MR) is 70.7 cm³/mol. The number of ether oxygens (including phenoxy) is 1. The van der Waals surface area contributed by atoms with E-state index in [-0.39, 0.29) is 24.4 Å². The van der Waals surface area contributed by atoms with Crippen molar-refractivity contribution < 1.29 is 22.3 Å². The second-order valence-electron chi connectivity index (χ2n) is 4.67. The molecule has 0 fully saturated rings. The molecule has 1 aliphatic heterocycles. The monoisotopic (exact) mass is 305 g/mol. The van der Waals surface area contributed by atoms with Gasteiger partial charge in [-0.15, -0.1) is 0 Å². The second-order valence-corrected chi connectivity index (χ2v) is 4.67. The molecule has 4 nitrogen and oxygen atoms in total. The van der Waals surface area contributed by atoms with E-state index in [0.29, 0.717) is 19.2 Å². The minimum absolute atomic E-state index is 0.0614. The van der Waals surface area contributed by atoms with Crippen LogP contribution in [0.4, 0.5) is 23.2 Å². The summed E-state index contributed by atoms with van der Waals surface area (Å²) in [5, 5.41) is 0. The van der Waals surface area contributed by atoms with Crippen molar-refractivity contribution in [2.75, 3.05) is 24.6 Å². The zero-order valence-corrected chi connectivity index (χ0v) is 11.3. The van der Waals surface area contributed by atoms with Gasteiger partial charge in [0.15, 0.2) is 0 Å². The third kappa shape index (κ3) is 3.77. The molecule has 21 heavy (non-hydrogen) atoms. The third-order valence-electron chi connectivity index (χ3n) is 3.12. The molecular formula is C13H15F4N3O. The van der Waals surface area contributed by atoms with E-state index in [0.717, 1.165) is 12.1 Å². The molecule has 8 heteroatoms. The van der Waals surface area contributed by atoms with E-state index in [1.807, 2.05) is 0 Å². The summed E-state index contributed by atoms with van der Waals surface area (Å²) in [4.78, 5) is 5.62. The van der Waals surface area contributed by atoms with Crippen molar-refractivity contribution in [2.45, 2.75) is 19.1 Å². The van der Waals surface area contributed by atoms with Crippen molar-refractivity contribution in [3.8, 4) is 0 Å². The van der Waals surface area contributed by atoms with Crippen LogP contribution in [-0.2, 0) is 10.9 Å². The van der Waals surface area contributed by atoms with Crippen LogP contribution in [0.5, 0.6) is 0 Å². The summed E-state index contributed by atoms with van der Waals surface area (Å²) in [5.41, 5.74) is 4.53. The zero-order valence-electron chi connectivity index (χ0n) is 11.3. The number of nitrogens with two attached hydrogens (primary N) is 1. The predicted octanol–water partition coefficient (Wildman–Crippen LogP) is 2.38. The molecule has 0 bridgehead atoms. The van der Waals surface area contributed by atoms with Crippen molar-refractivity contribution in [1.29, 1.82) is 0 Å². The number of hydrogen-bond donors (Lipinski definition) is 1. The molecule has 1 aromatic carbocycles. The number of amidine groups is 1. The first-order chi connectivity index (χ1) is 9.79. The number of rotatable bonds is 4. The molecule has 0 unspecified atom stereocenters. The van der Waals surface area contributed by atoms with Crippen molar-refractivity contribution in [3.05, 3.63) is 29.6 Å². The quantitative estimate of drug-likeness (QED) is 0.869. The fourth-order valence-corrected chi connectivity index (χ4v) is 2.12. The third-order valence-corrected chi connectivity index (χ3v) is 3.12. The smallest absolute Gasteiger partial charge is 0.416 e. The summed E-state index contributed by atoms with van der Waals surface area (Å²) in [7, 11) is 0. The van der Waals surface area contributed by atoms with Gasteiger partial charge in [0, 0.05) is 18.8 Å². The van der Waals surface area contributed by atoms with Gasteiger partial charge in [0.1, 0.15) is 18.5 Å². The Morgan fingerprint density at radius 1 is 1.38 bits per heavy atom. The van der Waals surface area contributed by atoms with E-state index < -0.39 is 17.6 Å². The van der Waals surface area contributed by atoms with Crippen molar-refractivity contribution in [2.24, 2.45) is 10.7 Å². The second kappa shape index (κ2) is 5.79. The molecule has 1 aromatic rings. The number of aliphatic imine (C=N–C) groups is 1. The highest BCUT2D eigenvalue weighted by molar-refractivity contribution is 5.73. The molecule has 1 aliphatic rings. The Labute approximate surface area is 119 Å². The van der Waals surface area contributed by atoms with Crippen LogP contribution in [0.25, 0.3) is 0 Å². The van der Waals surface area contributed by atoms with Crippen LogP contribution in [-0.4, -0.2) is 31.8 Å². The molecule has 0 aromatic heterocycles. The normalized spacial score (nSPS) is 18.3. The molecule has 0 saturated heterocycles. The molecular weight excluding hydrogens is 290 g/mol. The van der Waals surface area contributed by atoms with Crippen LogP contribution >= 0.6 is 0 Å². The molecule has 1 atom stereocenters. The van der Waals surface area contributed by atoms with Gasteiger partial charge >= 0.3 is 6.18 Å². The van der Waals surface area contributed by atoms with Gasteiger partial charge in [0.25, 0.3) is 6.02 Å². The van der Waals surface area contributed by atoms with Crippen LogP contribution < -0.4 is 10.6 Å². The van der Waals surface area contributed by atoms with Crippen molar-refractivity contribution >= 4 is 11.7 Å². The van der Waals surface area contributed by atoms with Crippen LogP contribution in [0.2, 0.25) is 0 Å². The number of hydrogen-bond acceptors (Lipinski definition) is 4. The summed E-state index contributed by atoms with van der Waals surface area (Å²) in [6, 6.07) is 2.26. The maximum absolute atomic E-state index is 13.4. The number of benzene rings is 1. The maximum atomic E-state index is 13.4. The fraction of sp³-hybridized carbons (Fsp3) is 0.462. The highest BCUT2D eigenvalue weighted by Gasteiger charge is 2.32. The number of nitrogens with zero attached hydrogens (tertiary/aromatic N) is 2. The summed E-state index contributed by atoms with van der Waals surface area (Å²) in [6.07, 6.45) is -4.59. The van der Waals surface area contributed by atoms with Gasteiger partial charge in [0.05, 0.1) is 5.56 Å². The molecule has 2 N–H and O–H groups in total. The number of alkyl halides is 3. The molecule has 0 radical (unpaired) electrons. The Morgan fingerprint density at radius 2 is 2.10 bits per heavy atom. The number of likely N-dealkylation sites (N-methyl/N-ethyl adjacent to an activating group) is 1. The average Bonchev–Trinajstić information content (AvgIpc) is 2.79. The first-order valence-electron chi connectivity index (χ1n) is 6.38. The lowest BCUT2D eigenvalue weighted by molar-refractivity contribution is -0.137. The fourth-order valence-electron chi connectivity index (χ4n) is 2.12. The van der Waals surface area contributed by atoms with Crippen molar-refractivity contribution in [1.82, 2.24) is 0 Å². The van der Waals surface area contributed by atoms with Gasteiger partial charge in [-0.2, -0.15) is 13.2 Å². The summed E-state index contributed by atoms with van der Waals surface area (Å²) < 4.78 is 56.6. The van der Waals surface area contributed by atoms with Crippen LogP contribution in [0, 0.1) is 5.82 Å². The Kier molecular flexibility index (Phi) is 4.24. The van der Waals surface area contributed by atoms with E-state index in [2.05, 4.69) is 4.99 Å². The zero-order chi connectivity index (χ0) is 15.6.